The zero-order chi connectivity index (χ0) is 34.8. The fraction of sp³-hybridized carbons (Fsp3) is 0.517. The van der Waals surface area contributed by atoms with E-state index < -0.39 is 47.2 Å². The number of alkyl halides is 6. The summed E-state index contributed by atoms with van der Waals surface area (Å²) in [5, 5.41) is 13.5. The lowest BCUT2D eigenvalue weighted by molar-refractivity contribution is -0.153. The van der Waals surface area contributed by atoms with Gasteiger partial charge in [-0.25, -0.2) is 19.6 Å². The van der Waals surface area contributed by atoms with Crippen molar-refractivity contribution in [1.82, 2.24) is 20.6 Å². The van der Waals surface area contributed by atoms with Gasteiger partial charge in [0.15, 0.2) is 0 Å². The molecule has 0 aromatic carbocycles. The van der Waals surface area contributed by atoms with E-state index >= 15 is 0 Å². The van der Waals surface area contributed by atoms with Crippen LogP contribution >= 0.6 is 0 Å². The number of halogens is 6. The first-order valence-electron chi connectivity index (χ1n) is 14.4. The molecule has 0 radical (unpaired) electrons. The molecule has 2 aliphatic carbocycles. The Morgan fingerprint density at radius 1 is 0.681 bits per heavy atom. The molecule has 12 nitrogen and oxygen atoms in total. The molecule has 47 heavy (non-hydrogen) atoms. The van der Waals surface area contributed by atoms with Crippen molar-refractivity contribution in [2.45, 2.75) is 88.0 Å². The summed E-state index contributed by atoms with van der Waals surface area (Å²) in [4.78, 5) is 51.3. The number of esters is 1. The second-order valence-corrected chi connectivity index (χ2v) is 10.7. The largest absolute Gasteiger partial charge is 0.474 e. The molecule has 0 unspecified atom stereocenters. The van der Waals surface area contributed by atoms with Crippen LogP contribution in [-0.2, 0) is 36.3 Å². The minimum atomic E-state index is -4.44. The second-order valence-electron chi connectivity index (χ2n) is 10.7. The molecule has 18 heteroatoms. The molecule has 2 aromatic rings. The number of carbonyl (C=O) groups excluding carboxylic acids is 3. The van der Waals surface area contributed by atoms with E-state index in [1.165, 1.54) is 12.1 Å². The first-order chi connectivity index (χ1) is 22.0. The van der Waals surface area contributed by atoms with E-state index in [9.17, 15) is 45.5 Å². The molecule has 258 valence electrons. The summed E-state index contributed by atoms with van der Waals surface area (Å²) in [6.07, 6.45) is -3.31. The van der Waals surface area contributed by atoms with Crippen molar-refractivity contribution in [3.63, 3.8) is 0 Å². The lowest BCUT2D eigenvalue weighted by Crippen LogP contribution is -2.43. The summed E-state index contributed by atoms with van der Waals surface area (Å²) in [5.74, 6) is -4.06. The van der Waals surface area contributed by atoms with E-state index in [0.717, 1.165) is 25.4 Å². The topological polar surface area (TPSA) is 166 Å². The van der Waals surface area contributed by atoms with Gasteiger partial charge in [-0.15, -0.1) is 0 Å². The molecule has 2 fully saturated rings. The van der Waals surface area contributed by atoms with Gasteiger partial charge in [0, 0.05) is 36.6 Å². The number of nitrogens with zero attached hydrogens (tertiary/aromatic N) is 2. The van der Waals surface area contributed by atoms with Crippen LogP contribution in [0.2, 0.25) is 0 Å². The first kappa shape index (κ1) is 36.8. The van der Waals surface area contributed by atoms with Crippen LogP contribution in [0, 0.1) is 0 Å². The summed E-state index contributed by atoms with van der Waals surface area (Å²) < 4.78 is 90.1. The number of carboxylic acid groups (broad SMARTS) is 1. The highest BCUT2D eigenvalue weighted by atomic mass is 19.4. The number of amides is 2. The van der Waals surface area contributed by atoms with Gasteiger partial charge >= 0.3 is 36.1 Å². The summed E-state index contributed by atoms with van der Waals surface area (Å²) in [5.41, 5.74) is -1.67. The third kappa shape index (κ3) is 11.9. The average Bonchev–Trinajstić information content (AvgIpc) is 3.02. The third-order valence-corrected chi connectivity index (χ3v) is 7.29. The number of hydrogen-bond donors (Lipinski definition) is 3. The van der Waals surface area contributed by atoms with Gasteiger partial charge in [-0.3, -0.25) is 9.59 Å². The summed E-state index contributed by atoms with van der Waals surface area (Å²) in [6.45, 7) is 0. The minimum Gasteiger partial charge on any atom is -0.474 e. The van der Waals surface area contributed by atoms with Crippen LogP contribution in [0.15, 0.2) is 36.7 Å². The molecule has 3 N–H and O–H groups in total. The fourth-order valence-electron chi connectivity index (χ4n) is 4.81. The number of carboxylic acids is 1. The van der Waals surface area contributed by atoms with Crippen molar-refractivity contribution in [2.24, 2.45) is 0 Å². The Kier molecular flexibility index (Phi) is 12.7. The summed E-state index contributed by atoms with van der Waals surface area (Å²) in [7, 11) is 1.13. The number of ether oxygens (including phenoxy) is 3. The van der Waals surface area contributed by atoms with Gasteiger partial charge in [-0.2, -0.15) is 26.3 Å². The normalized spacial score (nSPS) is 21.3. The van der Waals surface area contributed by atoms with E-state index in [4.69, 9.17) is 14.6 Å². The Hall–Kier alpha value is -4.64. The average molecular weight is 679 g/mol. The lowest BCUT2D eigenvalue weighted by atomic mass is 9.93. The Morgan fingerprint density at radius 3 is 1.36 bits per heavy atom. The van der Waals surface area contributed by atoms with Crippen molar-refractivity contribution in [2.75, 3.05) is 7.11 Å². The predicted molar refractivity (Wildman–Crippen MR) is 148 cm³/mol. The van der Waals surface area contributed by atoms with Crippen molar-refractivity contribution in [3.8, 4) is 11.8 Å². The van der Waals surface area contributed by atoms with Gasteiger partial charge in [0.1, 0.15) is 12.2 Å². The molecule has 2 amide bonds. The van der Waals surface area contributed by atoms with E-state index in [2.05, 4.69) is 25.3 Å². The fourth-order valence-corrected chi connectivity index (χ4v) is 4.81. The van der Waals surface area contributed by atoms with Crippen LogP contribution in [0.25, 0.3) is 0 Å². The molecule has 0 bridgehead atoms. The monoisotopic (exact) mass is 678 g/mol. The molecule has 2 aromatic heterocycles. The Labute approximate surface area is 264 Å². The number of hydrogen-bond acceptors (Lipinski definition) is 9. The standard InChI is InChI=1S/C15H17F3N2O4.C14H15F3N2O4/c1-23-14(22)13(21)20-10-3-5-11(6-4-10)24-12-7-2-9(8-19-12)15(16,17)18;15-14(16,17)8-1-6-11(18-7-8)23-10-4-2-9(3-5-10)19-12(20)13(21)22/h2,7-8,10-11H,3-6H2,1H3,(H,20,21);1,6-7,9-10H,2-5H2,(H,19,20)(H,21,22)/t10-,11-;9-,10-. The van der Waals surface area contributed by atoms with Gasteiger partial charge in [0.05, 0.1) is 18.2 Å². The van der Waals surface area contributed by atoms with Crippen molar-refractivity contribution in [3.05, 3.63) is 47.8 Å². The van der Waals surface area contributed by atoms with E-state index in [-0.39, 0.29) is 36.1 Å². The Bertz CT molecular complexity index is 1360. The molecule has 2 aliphatic rings. The van der Waals surface area contributed by atoms with Crippen molar-refractivity contribution in [1.29, 1.82) is 0 Å². The van der Waals surface area contributed by atoms with Crippen LogP contribution in [0.3, 0.4) is 0 Å². The van der Waals surface area contributed by atoms with Crippen LogP contribution in [0.5, 0.6) is 11.8 Å². The number of carbonyl (C=O) groups is 4. The maximum atomic E-state index is 12.5. The summed E-state index contributed by atoms with van der Waals surface area (Å²) >= 11 is 0. The minimum absolute atomic E-state index is 0.107. The lowest BCUT2D eigenvalue weighted by Gasteiger charge is -2.28. The van der Waals surface area contributed by atoms with Crippen LogP contribution in [0.1, 0.15) is 62.5 Å². The van der Waals surface area contributed by atoms with Gasteiger partial charge < -0.3 is 30.0 Å². The number of pyridine rings is 2. The molecule has 2 heterocycles. The van der Waals surface area contributed by atoms with Crippen LogP contribution in [0.4, 0.5) is 26.3 Å². The number of rotatable bonds is 6. The molecular weight excluding hydrogens is 646 g/mol. The van der Waals surface area contributed by atoms with Gasteiger partial charge in [-0.05, 0) is 63.5 Å². The SMILES string of the molecule is COC(=O)C(=O)N[C@H]1CC[C@H](Oc2ccc(C(F)(F)F)cn2)CC1.O=C(O)C(=O)N[C@H]1CC[C@H](Oc2ccc(C(F)(F)F)cn2)CC1. The predicted octanol–water partition coefficient (Wildman–Crippen LogP) is 4.07. The van der Waals surface area contributed by atoms with Crippen LogP contribution in [-0.4, -0.2) is 70.2 Å². The summed E-state index contributed by atoms with van der Waals surface area (Å²) in [6, 6.07) is 3.79. The first-order valence-corrected chi connectivity index (χ1v) is 14.4. The van der Waals surface area contributed by atoms with Crippen molar-refractivity contribution < 1.29 is 64.8 Å². The number of aromatic nitrogens is 2. The van der Waals surface area contributed by atoms with Crippen molar-refractivity contribution >= 4 is 23.8 Å². The highest BCUT2D eigenvalue weighted by molar-refractivity contribution is 6.32. The van der Waals surface area contributed by atoms with E-state index in [1.54, 1.807) is 0 Å². The maximum Gasteiger partial charge on any atom is 0.417 e. The number of methoxy groups -OCH3 is 1. The number of nitrogens with one attached hydrogen (secondary N) is 2. The Morgan fingerprint density at radius 2 is 1.06 bits per heavy atom. The zero-order valence-electron chi connectivity index (χ0n) is 24.9. The van der Waals surface area contributed by atoms with Crippen LogP contribution < -0.4 is 20.1 Å². The second kappa shape index (κ2) is 16.3. The zero-order valence-corrected chi connectivity index (χ0v) is 24.9. The molecule has 0 saturated heterocycles. The van der Waals surface area contributed by atoms with E-state index in [0.29, 0.717) is 57.6 Å². The molecule has 0 aliphatic heterocycles. The Balaban J connectivity index is 0.000000256. The van der Waals surface area contributed by atoms with E-state index in [1.807, 2.05) is 0 Å². The smallest absolute Gasteiger partial charge is 0.417 e. The molecule has 4 rings (SSSR count). The van der Waals surface area contributed by atoms with Gasteiger partial charge in [0.2, 0.25) is 11.8 Å². The molecular formula is C29H32F6N4O8. The van der Waals surface area contributed by atoms with Gasteiger partial charge in [-0.1, -0.05) is 0 Å². The highest BCUT2D eigenvalue weighted by Gasteiger charge is 2.32. The molecule has 2 saturated carbocycles. The molecule has 0 spiro atoms. The van der Waals surface area contributed by atoms with Gasteiger partial charge in [0.25, 0.3) is 0 Å². The molecule has 0 atom stereocenters. The number of aliphatic carboxylic acids is 1. The maximum absolute atomic E-state index is 12.5. The quantitative estimate of drug-likeness (QED) is 0.230. The third-order valence-electron chi connectivity index (χ3n) is 7.29. The highest BCUT2D eigenvalue weighted by Crippen LogP contribution is 2.31.